The average molecular weight is 228 g/mol. The highest BCUT2D eigenvalue weighted by atomic mass is 16.4. The molecule has 2 rings (SSSR count). The van der Waals surface area contributed by atoms with Crippen LogP contribution in [0.1, 0.15) is 21.7 Å². The fraction of sp³-hybridized carbons (Fsp3) is 0.0909. The molecule has 0 fully saturated rings. The molecule has 1 heterocycles. The third-order valence-corrected chi connectivity index (χ3v) is 2.36. The van der Waals surface area contributed by atoms with Crippen LogP contribution in [0.25, 0.3) is 5.69 Å². The summed E-state index contributed by atoms with van der Waals surface area (Å²) in [5.74, 6) is -0.982. The molecule has 6 heteroatoms. The van der Waals surface area contributed by atoms with Gasteiger partial charge in [-0.1, -0.05) is 5.21 Å². The second-order valence-electron chi connectivity index (χ2n) is 3.40. The van der Waals surface area contributed by atoms with E-state index in [4.69, 9.17) is 10.4 Å². The molecule has 1 aromatic carbocycles. The van der Waals surface area contributed by atoms with Gasteiger partial charge in [-0.2, -0.15) is 5.26 Å². The van der Waals surface area contributed by atoms with Crippen molar-refractivity contribution in [2.75, 3.05) is 0 Å². The minimum Gasteiger partial charge on any atom is -0.478 e. The largest absolute Gasteiger partial charge is 0.478 e. The lowest BCUT2D eigenvalue weighted by Crippen LogP contribution is -2.01. The summed E-state index contributed by atoms with van der Waals surface area (Å²) in [7, 11) is 0. The van der Waals surface area contributed by atoms with E-state index in [0.29, 0.717) is 11.4 Å². The summed E-state index contributed by atoms with van der Waals surface area (Å²) >= 11 is 0. The molecule has 0 atom stereocenters. The summed E-state index contributed by atoms with van der Waals surface area (Å²) in [5.41, 5.74) is 1.75. The summed E-state index contributed by atoms with van der Waals surface area (Å²) < 4.78 is 1.49. The van der Waals surface area contributed by atoms with Gasteiger partial charge in [0.15, 0.2) is 5.69 Å². The molecule has 6 nitrogen and oxygen atoms in total. The molecule has 84 valence electrons. The summed E-state index contributed by atoms with van der Waals surface area (Å²) in [6, 6.07) is 8.12. The SMILES string of the molecule is Cc1c(C#N)nnn1-c1ccc(C(=O)O)cc1. The molecule has 17 heavy (non-hydrogen) atoms. The van der Waals surface area contributed by atoms with Crippen molar-refractivity contribution in [2.24, 2.45) is 0 Å². The van der Waals surface area contributed by atoms with Crippen molar-refractivity contribution in [1.29, 1.82) is 5.26 Å². The topological polar surface area (TPSA) is 91.8 Å². The minimum atomic E-state index is -0.982. The van der Waals surface area contributed by atoms with Crippen LogP contribution in [-0.4, -0.2) is 26.1 Å². The maximum Gasteiger partial charge on any atom is 0.335 e. The number of carboxylic acid groups (broad SMARTS) is 1. The zero-order valence-corrected chi connectivity index (χ0v) is 8.95. The number of nitrogens with zero attached hydrogens (tertiary/aromatic N) is 4. The predicted molar refractivity (Wildman–Crippen MR) is 57.8 cm³/mol. The van der Waals surface area contributed by atoms with Gasteiger partial charge in [0.05, 0.1) is 16.9 Å². The Hall–Kier alpha value is -2.68. The number of benzene rings is 1. The number of aromatic nitrogens is 3. The van der Waals surface area contributed by atoms with Gasteiger partial charge < -0.3 is 5.11 Å². The van der Waals surface area contributed by atoms with Crippen molar-refractivity contribution in [2.45, 2.75) is 6.92 Å². The van der Waals surface area contributed by atoms with Crippen LogP contribution in [0.15, 0.2) is 24.3 Å². The molecule has 0 unspecified atom stereocenters. The number of aromatic carboxylic acids is 1. The van der Waals surface area contributed by atoms with Crippen molar-refractivity contribution >= 4 is 5.97 Å². The number of hydrogen-bond acceptors (Lipinski definition) is 4. The predicted octanol–water partition coefficient (Wildman–Crippen LogP) is 1.15. The number of nitriles is 1. The van der Waals surface area contributed by atoms with Gasteiger partial charge in [0.2, 0.25) is 0 Å². The highest BCUT2D eigenvalue weighted by molar-refractivity contribution is 5.87. The summed E-state index contributed by atoms with van der Waals surface area (Å²) in [6.07, 6.45) is 0. The first-order chi connectivity index (χ1) is 8.13. The summed E-state index contributed by atoms with van der Waals surface area (Å²) in [6.45, 7) is 1.73. The van der Waals surface area contributed by atoms with E-state index in [1.807, 2.05) is 6.07 Å². The second kappa shape index (κ2) is 4.06. The molecule has 1 N–H and O–H groups in total. The normalized spacial score (nSPS) is 9.88. The van der Waals surface area contributed by atoms with Gasteiger partial charge in [-0.25, -0.2) is 9.48 Å². The molecular weight excluding hydrogens is 220 g/mol. The van der Waals surface area contributed by atoms with Gasteiger partial charge in [0, 0.05) is 0 Å². The van der Waals surface area contributed by atoms with Crippen molar-refractivity contribution in [3.63, 3.8) is 0 Å². The minimum absolute atomic E-state index is 0.201. The molecule has 0 spiro atoms. The first-order valence-corrected chi connectivity index (χ1v) is 4.79. The fourth-order valence-corrected chi connectivity index (χ4v) is 1.42. The van der Waals surface area contributed by atoms with E-state index in [9.17, 15) is 4.79 Å². The molecule has 0 aliphatic heterocycles. The van der Waals surface area contributed by atoms with Crippen LogP contribution in [0, 0.1) is 18.3 Å². The maximum absolute atomic E-state index is 10.7. The van der Waals surface area contributed by atoms with Crippen LogP contribution in [-0.2, 0) is 0 Å². The quantitative estimate of drug-likeness (QED) is 0.832. The third-order valence-electron chi connectivity index (χ3n) is 2.36. The van der Waals surface area contributed by atoms with Crippen LogP contribution in [0.3, 0.4) is 0 Å². The monoisotopic (exact) mass is 228 g/mol. The lowest BCUT2D eigenvalue weighted by molar-refractivity contribution is 0.0697. The van der Waals surface area contributed by atoms with E-state index >= 15 is 0 Å². The molecule has 0 bridgehead atoms. The highest BCUT2D eigenvalue weighted by Crippen LogP contribution is 2.12. The van der Waals surface area contributed by atoms with Crippen LogP contribution >= 0.6 is 0 Å². The molecule has 0 radical (unpaired) electrons. The van der Waals surface area contributed by atoms with Crippen molar-refractivity contribution in [3.8, 4) is 11.8 Å². The van der Waals surface area contributed by atoms with Crippen LogP contribution < -0.4 is 0 Å². The second-order valence-corrected chi connectivity index (χ2v) is 3.40. The lowest BCUT2D eigenvalue weighted by atomic mass is 10.2. The third kappa shape index (κ3) is 1.86. The first kappa shape index (κ1) is 10.8. The Morgan fingerprint density at radius 3 is 2.53 bits per heavy atom. The van der Waals surface area contributed by atoms with E-state index in [0.717, 1.165) is 0 Å². The van der Waals surface area contributed by atoms with Crippen molar-refractivity contribution in [1.82, 2.24) is 15.0 Å². The standard InChI is InChI=1S/C11H8N4O2/c1-7-10(6-12)13-14-15(7)9-4-2-8(3-5-9)11(16)17/h2-5H,1H3,(H,16,17). The van der Waals surface area contributed by atoms with Crippen molar-refractivity contribution < 1.29 is 9.90 Å². The molecule has 0 amide bonds. The van der Waals surface area contributed by atoms with E-state index in [-0.39, 0.29) is 11.3 Å². The molecule has 1 aromatic heterocycles. The lowest BCUT2D eigenvalue weighted by Gasteiger charge is -2.02. The van der Waals surface area contributed by atoms with Gasteiger partial charge >= 0.3 is 5.97 Å². The number of carboxylic acids is 1. The van der Waals surface area contributed by atoms with Crippen LogP contribution in [0.5, 0.6) is 0 Å². The Morgan fingerprint density at radius 1 is 1.41 bits per heavy atom. The van der Waals surface area contributed by atoms with Crippen LogP contribution in [0.2, 0.25) is 0 Å². The van der Waals surface area contributed by atoms with Gasteiger partial charge in [0.25, 0.3) is 0 Å². The number of carbonyl (C=O) groups is 1. The summed E-state index contributed by atoms with van der Waals surface area (Å²) in [5, 5.41) is 25.0. The maximum atomic E-state index is 10.7. The smallest absolute Gasteiger partial charge is 0.335 e. The molecule has 0 aliphatic carbocycles. The molecule has 0 saturated heterocycles. The highest BCUT2D eigenvalue weighted by Gasteiger charge is 2.09. The zero-order chi connectivity index (χ0) is 12.4. The molecule has 0 saturated carbocycles. The Morgan fingerprint density at radius 2 is 2.06 bits per heavy atom. The molecule has 0 aliphatic rings. The Kier molecular flexibility index (Phi) is 2.58. The molecular formula is C11H8N4O2. The van der Waals surface area contributed by atoms with Crippen molar-refractivity contribution in [3.05, 3.63) is 41.2 Å². The van der Waals surface area contributed by atoms with E-state index in [2.05, 4.69) is 10.3 Å². The number of hydrogen-bond donors (Lipinski definition) is 1. The average Bonchev–Trinajstić information content (AvgIpc) is 2.70. The van der Waals surface area contributed by atoms with Gasteiger partial charge in [-0.15, -0.1) is 5.10 Å². The van der Waals surface area contributed by atoms with Gasteiger partial charge in [-0.3, -0.25) is 0 Å². The van der Waals surface area contributed by atoms with E-state index in [1.165, 1.54) is 16.8 Å². The Labute approximate surface area is 96.7 Å². The Balaban J connectivity index is 2.44. The number of rotatable bonds is 2. The van der Waals surface area contributed by atoms with E-state index in [1.54, 1.807) is 19.1 Å². The fourth-order valence-electron chi connectivity index (χ4n) is 1.42. The van der Waals surface area contributed by atoms with E-state index < -0.39 is 5.97 Å². The van der Waals surface area contributed by atoms with Gasteiger partial charge in [-0.05, 0) is 31.2 Å². The first-order valence-electron chi connectivity index (χ1n) is 4.79. The molecule has 2 aromatic rings. The summed E-state index contributed by atoms with van der Waals surface area (Å²) in [4.78, 5) is 10.7. The zero-order valence-electron chi connectivity index (χ0n) is 8.95. The van der Waals surface area contributed by atoms with Crippen LogP contribution in [0.4, 0.5) is 0 Å². The van der Waals surface area contributed by atoms with Gasteiger partial charge in [0.1, 0.15) is 6.07 Å². The Bertz CT molecular complexity index is 607.